The van der Waals surface area contributed by atoms with Gasteiger partial charge in [0.05, 0.1) is 0 Å². The molecule has 0 radical (unpaired) electrons. The van der Waals surface area contributed by atoms with E-state index in [0.717, 1.165) is 20.8 Å². The number of carbonyl (C=O) groups excluding carboxylic acids is 5. The van der Waals surface area contributed by atoms with Crippen molar-refractivity contribution in [2.24, 2.45) is 0 Å². The van der Waals surface area contributed by atoms with Crippen LogP contribution < -0.4 is 4.74 Å². The van der Waals surface area contributed by atoms with Gasteiger partial charge in [-0.15, -0.1) is 0 Å². The van der Waals surface area contributed by atoms with Gasteiger partial charge in [0.1, 0.15) is 18.5 Å². The number of rotatable bonds is 8. The number of Topliss-reactive ketones (excluding diaryl/α,β-unsaturated/α-hetero) is 1. The second kappa shape index (κ2) is 11.4. The molecule has 1 saturated heterocycles. The van der Waals surface area contributed by atoms with Crippen molar-refractivity contribution in [3.05, 3.63) is 29.8 Å². The number of ketones is 1. The summed E-state index contributed by atoms with van der Waals surface area (Å²) in [6.07, 6.45) is -6.39. The first-order valence-corrected chi connectivity index (χ1v) is 10.1. The third-order valence-electron chi connectivity index (χ3n) is 4.46. The molecule has 0 unspecified atom stereocenters. The lowest BCUT2D eigenvalue weighted by Gasteiger charge is -2.43. The second-order valence-electron chi connectivity index (χ2n) is 7.27. The Bertz CT molecular complexity index is 892. The summed E-state index contributed by atoms with van der Waals surface area (Å²) in [6, 6.07) is 6.07. The molecule has 11 nitrogen and oxygen atoms in total. The molecule has 0 aromatic heterocycles. The average molecular weight is 466 g/mol. The van der Waals surface area contributed by atoms with Crippen LogP contribution in [-0.2, 0) is 42.9 Å². The van der Waals surface area contributed by atoms with Gasteiger partial charge >= 0.3 is 23.9 Å². The van der Waals surface area contributed by atoms with Crippen LogP contribution in [0.15, 0.2) is 24.3 Å². The van der Waals surface area contributed by atoms with Crippen molar-refractivity contribution in [1.29, 1.82) is 0 Å². The molecule has 2 rings (SSSR count). The average Bonchev–Trinajstić information content (AvgIpc) is 2.70. The second-order valence-corrected chi connectivity index (χ2v) is 7.27. The predicted octanol–water partition coefficient (Wildman–Crippen LogP) is 1.35. The van der Waals surface area contributed by atoms with Crippen molar-refractivity contribution in [3.63, 3.8) is 0 Å². The van der Waals surface area contributed by atoms with Crippen LogP contribution in [0.5, 0.6) is 5.75 Å². The molecule has 0 N–H and O–H groups in total. The van der Waals surface area contributed by atoms with Crippen molar-refractivity contribution < 1.29 is 52.4 Å². The van der Waals surface area contributed by atoms with Crippen LogP contribution in [0.2, 0.25) is 0 Å². The van der Waals surface area contributed by atoms with E-state index in [-0.39, 0.29) is 18.1 Å². The zero-order valence-electron chi connectivity index (χ0n) is 18.9. The zero-order valence-corrected chi connectivity index (χ0v) is 18.9. The van der Waals surface area contributed by atoms with Crippen LogP contribution in [0, 0.1) is 0 Å². The topological polar surface area (TPSA) is 141 Å². The molecule has 0 amide bonds. The summed E-state index contributed by atoms with van der Waals surface area (Å²) in [5, 5.41) is 0. The van der Waals surface area contributed by atoms with Crippen LogP contribution in [0.4, 0.5) is 0 Å². The highest BCUT2D eigenvalue weighted by atomic mass is 16.7. The molecule has 33 heavy (non-hydrogen) atoms. The van der Waals surface area contributed by atoms with E-state index < -0.39 is 54.6 Å². The zero-order chi connectivity index (χ0) is 24.7. The highest BCUT2D eigenvalue weighted by Crippen LogP contribution is 2.31. The number of carbonyl (C=O) groups is 5. The van der Waals surface area contributed by atoms with Crippen LogP contribution in [0.3, 0.4) is 0 Å². The summed E-state index contributed by atoms with van der Waals surface area (Å²) >= 11 is 0. The highest BCUT2D eigenvalue weighted by molar-refractivity contribution is 5.94. The summed E-state index contributed by atoms with van der Waals surface area (Å²) in [6.45, 7) is 5.63. The molecule has 5 atom stereocenters. The Labute approximate surface area is 190 Å². The normalized spacial score (nSPS) is 24.2. The molecule has 1 fully saturated rings. The first-order chi connectivity index (χ1) is 15.5. The standard InChI is InChI=1S/C22H26O11/c1-11(23)16-6-8-17(9-7-16)32-22-21(31-15(5)27)20(30-14(4)26)19(29-13(3)25)18(33-22)10-28-12(2)24/h6-9,18-22H,10H2,1-5H3/t18-,19-,20+,21-,22+/m1/s1. The molecule has 0 spiro atoms. The summed E-state index contributed by atoms with van der Waals surface area (Å²) in [4.78, 5) is 58.2. The number of hydrogen-bond donors (Lipinski definition) is 0. The van der Waals surface area contributed by atoms with E-state index in [1.807, 2.05) is 0 Å². The molecule has 0 saturated carbocycles. The molecule has 11 heteroatoms. The lowest BCUT2D eigenvalue weighted by molar-refractivity contribution is -0.288. The predicted molar refractivity (Wildman–Crippen MR) is 109 cm³/mol. The van der Waals surface area contributed by atoms with Gasteiger partial charge in [-0.3, -0.25) is 24.0 Å². The lowest BCUT2D eigenvalue weighted by Crippen LogP contribution is -2.63. The van der Waals surface area contributed by atoms with Gasteiger partial charge in [0.15, 0.2) is 18.0 Å². The van der Waals surface area contributed by atoms with Gasteiger partial charge in [-0.25, -0.2) is 0 Å². The van der Waals surface area contributed by atoms with Crippen LogP contribution in [0.1, 0.15) is 45.0 Å². The Morgan fingerprint density at radius 2 is 1.24 bits per heavy atom. The summed E-state index contributed by atoms with van der Waals surface area (Å²) < 4.78 is 32.6. The molecule has 1 aromatic carbocycles. The molecule has 1 aliphatic rings. The molecule has 0 bridgehead atoms. The fourth-order valence-corrected chi connectivity index (χ4v) is 3.19. The minimum atomic E-state index is -1.34. The van der Waals surface area contributed by atoms with Crippen molar-refractivity contribution in [2.75, 3.05) is 6.61 Å². The number of esters is 4. The van der Waals surface area contributed by atoms with Crippen molar-refractivity contribution in [1.82, 2.24) is 0 Å². The molecule has 1 aromatic rings. The van der Waals surface area contributed by atoms with Gasteiger partial charge in [0.25, 0.3) is 0 Å². The van der Waals surface area contributed by atoms with E-state index in [4.69, 9.17) is 28.4 Å². The Hall–Kier alpha value is -3.47. The van der Waals surface area contributed by atoms with Crippen molar-refractivity contribution >= 4 is 29.7 Å². The van der Waals surface area contributed by atoms with Gasteiger partial charge in [0, 0.05) is 33.3 Å². The van der Waals surface area contributed by atoms with Gasteiger partial charge in [-0.2, -0.15) is 0 Å². The third kappa shape index (κ3) is 7.56. The van der Waals surface area contributed by atoms with E-state index in [1.54, 1.807) is 0 Å². The monoisotopic (exact) mass is 466 g/mol. The molecular weight excluding hydrogens is 440 g/mol. The third-order valence-corrected chi connectivity index (χ3v) is 4.46. The Morgan fingerprint density at radius 1 is 0.727 bits per heavy atom. The van der Waals surface area contributed by atoms with Crippen LogP contribution in [-0.4, -0.2) is 67.0 Å². The molecule has 180 valence electrons. The maximum Gasteiger partial charge on any atom is 0.303 e. The lowest BCUT2D eigenvalue weighted by atomic mass is 9.98. The number of ether oxygens (including phenoxy) is 6. The van der Waals surface area contributed by atoms with Gasteiger partial charge < -0.3 is 28.4 Å². The Balaban J connectivity index is 2.43. The van der Waals surface area contributed by atoms with E-state index in [9.17, 15) is 24.0 Å². The van der Waals surface area contributed by atoms with Gasteiger partial charge in [0.2, 0.25) is 12.4 Å². The molecular formula is C22H26O11. The summed E-state index contributed by atoms with van der Waals surface area (Å²) in [5.41, 5.74) is 0.448. The van der Waals surface area contributed by atoms with E-state index in [2.05, 4.69) is 0 Å². The minimum absolute atomic E-state index is 0.145. The summed E-state index contributed by atoms with van der Waals surface area (Å²) in [5.74, 6) is -2.72. The quantitative estimate of drug-likeness (QED) is 0.311. The smallest absolute Gasteiger partial charge is 0.303 e. The SMILES string of the molecule is CC(=O)OC[C@H]1O[C@H](Oc2ccc(C(C)=O)cc2)[C@H](OC(C)=O)[C@@H](OC(C)=O)[C@@H]1OC(C)=O. The van der Waals surface area contributed by atoms with Crippen molar-refractivity contribution in [2.45, 2.75) is 65.3 Å². The summed E-state index contributed by atoms with van der Waals surface area (Å²) in [7, 11) is 0. The number of benzene rings is 1. The van der Waals surface area contributed by atoms with Crippen LogP contribution >= 0.6 is 0 Å². The minimum Gasteiger partial charge on any atom is -0.463 e. The molecule has 0 aliphatic carbocycles. The Morgan fingerprint density at radius 3 is 1.73 bits per heavy atom. The fraction of sp³-hybridized carbons (Fsp3) is 0.500. The molecule has 1 aliphatic heterocycles. The fourth-order valence-electron chi connectivity index (χ4n) is 3.19. The van der Waals surface area contributed by atoms with Crippen LogP contribution in [0.25, 0.3) is 0 Å². The van der Waals surface area contributed by atoms with E-state index >= 15 is 0 Å². The maximum atomic E-state index is 11.8. The van der Waals surface area contributed by atoms with E-state index in [0.29, 0.717) is 5.56 Å². The van der Waals surface area contributed by atoms with Crippen molar-refractivity contribution in [3.8, 4) is 5.75 Å². The maximum absolute atomic E-state index is 11.8. The van der Waals surface area contributed by atoms with Gasteiger partial charge in [-0.1, -0.05) is 0 Å². The largest absolute Gasteiger partial charge is 0.463 e. The highest BCUT2D eigenvalue weighted by Gasteiger charge is 2.53. The Kier molecular flexibility index (Phi) is 8.92. The molecule has 1 heterocycles. The first-order valence-electron chi connectivity index (χ1n) is 10.1. The van der Waals surface area contributed by atoms with Gasteiger partial charge in [-0.05, 0) is 31.2 Å². The number of hydrogen-bond acceptors (Lipinski definition) is 11. The van der Waals surface area contributed by atoms with E-state index in [1.165, 1.54) is 38.1 Å². The first kappa shape index (κ1) is 25.8.